The van der Waals surface area contributed by atoms with Crippen LogP contribution in [0.25, 0.3) is 0 Å². The third-order valence-electron chi connectivity index (χ3n) is 8.00. The first-order chi connectivity index (χ1) is 17.1. The molecule has 0 aromatic rings. The van der Waals surface area contributed by atoms with Gasteiger partial charge in [-0.2, -0.15) is 0 Å². The van der Waals surface area contributed by atoms with Gasteiger partial charge in [0.05, 0.1) is 0 Å². The quantitative estimate of drug-likeness (QED) is 0.0669. The number of hydrogen-bond donors (Lipinski definition) is 0. The van der Waals surface area contributed by atoms with Crippen LogP contribution in [0.2, 0.25) is 0 Å². The van der Waals surface area contributed by atoms with Crippen molar-refractivity contribution in [3.63, 3.8) is 0 Å². The molecule has 0 saturated carbocycles. The first-order valence-corrected chi connectivity index (χ1v) is 21.4. The zero-order chi connectivity index (χ0) is 25.9. The van der Waals surface area contributed by atoms with Crippen molar-refractivity contribution in [3.05, 3.63) is 0 Å². The third-order valence-corrected chi connectivity index (χ3v) is 19.2. The molecule has 0 atom stereocenters. The number of rotatable bonds is 29. The highest BCUT2D eigenvalue weighted by Crippen LogP contribution is 2.76. The Bertz CT molecular complexity index is 408. The first-order valence-electron chi connectivity index (χ1n) is 16.6. The van der Waals surface area contributed by atoms with Crippen LogP contribution in [-0.2, 0) is 0 Å². The number of hydrogen-bond acceptors (Lipinski definition) is 0. The predicted molar refractivity (Wildman–Crippen MR) is 174 cm³/mol. The molecule has 212 valence electrons. The zero-order valence-electron chi connectivity index (χ0n) is 25.4. The molecule has 0 aromatic heterocycles. The van der Waals surface area contributed by atoms with Gasteiger partial charge in [-0.05, 0) is 50.3 Å². The molecule has 0 bridgehead atoms. The second-order valence-corrected chi connectivity index (χ2v) is 20.8. The summed E-state index contributed by atoms with van der Waals surface area (Å²) in [6.07, 6.45) is 46.3. The predicted octanol–water partition coefficient (Wildman–Crippen LogP) is 13.3. The van der Waals surface area contributed by atoms with E-state index < -0.39 is 6.57 Å². The molecule has 0 aliphatic carbocycles. The van der Waals surface area contributed by atoms with Gasteiger partial charge in [0.2, 0.25) is 0 Å². The molecule has 0 saturated heterocycles. The molecule has 0 unspecified atom stereocenters. The van der Waals surface area contributed by atoms with Crippen molar-refractivity contribution < 1.29 is 0 Å². The Morgan fingerprint density at radius 2 is 0.629 bits per heavy atom. The summed E-state index contributed by atoms with van der Waals surface area (Å²) in [5.74, 6) is 0. The van der Waals surface area contributed by atoms with Crippen molar-refractivity contribution in [2.24, 2.45) is 0 Å². The van der Waals surface area contributed by atoms with Gasteiger partial charge in [0.25, 0.3) is 0 Å². The molecule has 0 nitrogen and oxygen atoms in total. The van der Waals surface area contributed by atoms with E-state index in [9.17, 15) is 0 Å². The highest BCUT2D eigenvalue weighted by molar-refractivity contribution is 8.37. The van der Waals surface area contributed by atoms with Crippen LogP contribution in [0.3, 0.4) is 0 Å². The van der Waals surface area contributed by atoms with Crippen LogP contribution in [-0.4, -0.2) is 30.9 Å². The van der Waals surface area contributed by atoms with Gasteiger partial charge in [0.15, 0.2) is 0 Å². The SMILES string of the molecule is C=P(CCCCCCCC)(CCCCCCCC)P(CCCCCCCC)CCCCCCCC. The topological polar surface area (TPSA) is 0 Å². The highest BCUT2D eigenvalue weighted by atomic mass is 32.1. The van der Waals surface area contributed by atoms with Crippen molar-refractivity contribution in [1.29, 1.82) is 0 Å². The smallest absolute Gasteiger partial charge is 0.0287 e. The molecule has 0 radical (unpaired) electrons. The summed E-state index contributed by atoms with van der Waals surface area (Å²) in [6, 6.07) is 0. The van der Waals surface area contributed by atoms with Crippen LogP contribution in [0, 0.1) is 0 Å². The summed E-state index contributed by atoms with van der Waals surface area (Å²) in [5, 5.41) is 0. The van der Waals surface area contributed by atoms with E-state index in [0.717, 1.165) is 0 Å². The van der Waals surface area contributed by atoms with Crippen molar-refractivity contribution >= 4 is 20.5 Å². The minimum absolute atomic E-state index is 0.190. The molecule has 0 rings (SSSR count). The fraction of sp³-hybridized carbons (Fsp3) is 0.970. The Morgan fingerprint density at radius 1 is 0.371 bits per heavy atom. The molecule has 0 aromatic carbocycles. The lowest BCUT2D eigenvalue weighted by molar-refractivity contribution is 0.621. The molecule has 0 fully saturated rings. The molecule has 0 spiro atoms. The van der Waals surface area contributed by atoms with Crippen LogP contribution < -0.4 is 0 Å². The fourth-order valence-corrected chi connectivity index (χ4v) is 16.1. The van der Waals surface area contributed by atoms with Crippen LogP contribution in [0.5, 0.6) is 0 Å². The van der Waals surface area contributed by atoms with E-state index in [1.807, 2.05) is 0 Å². The van der Waals surface area contributed by atoms with E-state index in [4.69, 9.17) is 6.30 Å². The Hall–Kier alpha value is 0.730. The Morgan fingerprint density at radius 3 is 0.943 bits per heavy atom. The van der Waals surface area contributed by atoms with Crippen molar-refractivity contribution in [3.8, 4) is 0 Å². The van der Waals surface area contributed by atoms with Crippen LogP contribution in [0.15, 0.2) is 0 Å². The maximum absolute atomic E-state index is 5.23. The van der Waals surface area contributed by atoms with Crippen molar-refractivity contribution in [2.45, 2.75) is 182 Å². The lowest BCUT2D eigenvalue weighted by Gasteiger charge is -2.35. The summed E-state index contributed by atoms with van der Waals surface area (Å²) in [5.41, 5.74) is 0. The third kappa shape index (κ3) is 22.4. The van der Waals surface area contributed by atoms with Gasteiger partial charge in [-0.1, -0.05) is 177 Å². The minimum atomic E-state index is -0.999. The molecule has 0 aliphatic heterocycles. The van der Waals surface area contributed by atoms with Gasteiger partial charge in [-0.15, -0.1) is 0 Å². The van der Waals surface area contributed by atoms with Crippen LogP contribution in [0.1, 0.15) is 182 Å². The van der Waals surface area contributed by atoms with Gasteiger partial charge in [0.1, 0.15) is 0 Å². The van der Waals surface area contributed by atoms with Crippen LogP contribution >= 0.6 is 14.2 Å². The summed E-state index contributed by atoms with van der Waals surface area (Å²) in [6.45, 7) is 8.36. The average Bonchev–Trinajstić information content (AvgIpc) is 2.86. The minimum Gasteiger partial charge on any atom is -0.0967 e. The second kappa shape index (κ2) is 27.8. The summed E-state index contributed by atoms with van der Waals surface area (Å²) in [4.78, 5) is 0. The van der Waals surface area contributed by atoms with Gasteiger partial charge in [-0.25, -0.2) is 0 Å². The van der Waals surface area contributed by atoms with E-state index in [0.29, 0.717) is 0 Å². The highest BCUT2D eigenvalue weighted by Gasteiger charge is 2.24. The van der Waals surface area contributed by atoms with E-state index in [-0.39, 0.29) is 7.61 Å². The van der Waals surface area contributed by atoms with E-state index in [2.05, 4.69) is 27.7 Å². The molecule has 0 amide bonds. The summed E-state index contributed by atoms with van der Waals surface area (Å²) < 4.78 is 0. The second-order valence-electron chi connectivity index (χ2n) is 11.6. The summed E-state index contributed by atoms with van der Waals surface area (Å²) >= 11 is 0. The molecule has 2 heteroatoms. The zero-order valence-corrected chi connectivity index (χ0v) is 27.2. The van der Waals surface area contributed by atoms with Crippen molar-refractivity contribution in [1.82, 2.24) is 0 Å². The lowest BCUT2D eigenvalue weighted by atomic mass is 10.1. The maximum Gasteiger partial charge on any atom is -0.0287 e. The maximum atomic E-state index is 5.23. The first kappa shape index (κ1) is 35.7. The normalized spacial score (nSPS) is 12.1. The van der Waals surface area contributed by atoms with Gasteiger partial charge in [-0.3, -0.25) is 0 Å². The Labute approximate surface area is 226 Å². The lowest BCUT2D eigenvalue weighted by Crippen LogP contribution is -2.02. The standard InChI is InChI=1S/C33H70P2/c1-6-10-14-18-22-26-30-34(31-27-23-19-15-11-7-2)35(5,32-28-24-20-16-12-8-3)33-29-25-21-17-13-9-4/h5-33H2,1-4H3. The molecule has 0 aliphatic rings. The van der Waals surface area contributed by atoms with Gasteiger partial charge >= 0.3 is 0 Å². The Kier molecular flexibility index (Phi) is 28.3. The number of unbranched alkanes of at least 4 members (excludes halogenated alkanes) is 20. The summed E-state index contributed by atoms with van der Waals surface area (Å²) in [7, 11) is 0.190. The molecule has 0 N–H and O–H groups in total. The molecular weight excluding hydrogens is 458 g/mol. The van der Waals surface area contributed by atoms with E-state index in [1.54, 1.807) is 12.3 Å². The largest absolute Gasteiger partial charge is 0.0967 e. The van der Waals surface area contributed by atoms with Crippen molar-refractivity contribution in [2.75, 3.05) is 24.6 Å². The molecule has 0 heterocycles. The van der Waals surface area contributed by atoms with E-state index in [1.165, 1.54) is 166 Å². The molecular formula is C33H70P2. The fourth-order valence-electron chi connectivity index (χ4n) is 5.45. The van der Waals surface area contributed by atoms with Gasteiger partial charge in [0, 0.05) is 0 Å². The monoisotopic (exact) mass is 528 g/mol. The van der Waals surface area contributed by atoms with Gasteiger partial charge < -0.3 is 0 Å². The van der Waals surface area contributed by atoms with E-state index >= 15 is 0 Å². The Balaban J connectivity index is 4.92. The average molecular weight is 529 g/mol. The van der Waals surface area contributed by atoms with Crippen LogP contribution in [0.4, 0.5) is 0 Å². The molecule has 35 heavy (non-hydrogen) atoms.